The van der Waals surface area contributed by atoms with Gasteiger partial charge in [0.2, 0.25) is 11.6 Å². The van der Waals surface area contributed by atoms with Crippen LogP contribution in [0.25, 0.3) is 17.1 Å². The number of nitrogens with two attached hydrogens (primary N) is 1. The number of hydrazone groups is 1. The molecular weight excluding hydrogens is 412 g/mol. The van der Waals surface area contributed by atoms with Crippen molar-refractivity contribution in [2.24, 2.45) is 5.10 Å². The monoisotopic (exact) mass is 432 g/mol. The van der Waals surface area contributed by atoms with Crippen molar-refractivity contribution in [3.05, 3.63) is 65.9 Å². The van der Waals surface area contributed by atoms with Gasteiger partial charge in [-0.25, -0.2) is 10.1 Å². The Balaban J connectivity index is 1.65. The van der Waals surface area contributed by atoms with Crippen LogP contribution in [0, 0.1) is 0 Å². The Morgan fingerprint density at radius 2 is 1.91 bits per heavy atom. The maximum atomic E-state index is 13.1. The van der Waals surface area contributed by atoms with Crippen molar-refractivity contribution in [3.63, 3.8) is 0 Å². The van der Waals surface area contributed by atoms with Gasteiger partial charge in [0, 0.05) is 5.56 Å². The molecule has 162 valence electrons. The molecule has 11 nitrogen and oxygen atoms in total. The molecule has 0 saturated carbocycles. The van der Waals surface area contributed by atoms with Gasteiger partial charge in [-0.05, 0) is 54.0 Å². The van der Waals surface area contributed by atoms with Crippen molar-refractivity contribution < 1.29 is 14.2 Å². The minimum atomic E-state index is -0.554. The van der Waals surface area contributed by atoms with Crippen molar-refractivity contribution in [1.29, 1.82) is 0 Å². The molecule has 0 fully saturated rings. The molecule has 1 amide bonds. The number of ether oxygens (including phenoxy) is 1. The average molecular weight is 432 g/mol. The molecule has 0 radical (unpaired) electrons. The third-order valence-electron chi connectivity index (χ3n) is 4.54. The normalized spacial score (nSPS) is 11.4. The molecule has 2 aromatic carbocycles. The number of rotatable bonds is 7. The summed E-state index contributed by atoms with van der Waals surface area (Å²) in [6.45, 7) is 4.28. The number of hydrogen-bond donors (Lipinski definition) is 2. The van der Waals surface area contributed by atoms with Crippen LogP contribution in [0.2, 0.25) is 0 Å². The lowest BCUT2D eigenvalue weighted by atomic mass is 10.1. The van der Waals surface area contributed by atoms with Gasteiger partial charge in [0.25, 0.3) is 5.91 Å². The number of carbonyl (C=O) groups excluding carboxylic acids is 1. The summed E-state index contributed by atoms with van der Waals surface area (Å²) in [6.07, 6.45) is 0. The Bertz CT molecular complexity index is 1250. The zero-order valence-corrected chi connectivity index (χ0v) is 17.4. The summed E-state index contributed by atoms with van der Waals surface area (Å²) in [7, 11) is 0. The second kappa shape index (κ2) is 9.08. The fraction of sp³-hybridized carbons (Fsp3) is 0.143. The quantitative estimate of drug-likeness (QED) is 0.334. The van der Waals surface area contributed by atoms with Gasteiger partial charge >= 0.3 is 0 Å². The van der Waals surface area contributed by atoms with E-state index in [1.165, 1.54) is 4.68 Å². The summed E-state index contributed by atoms with van der Waals surface area (Å²) in [5, 5.41) is 19.7. The highest BCUT2D eigenvalue weighted by molar-refractivity contribution is 6.02. The molecule has 0 aliphatic carbocycles. The molecule has 0 saturated heterocycles. The summed E-state index contributed by atoms with van der Waals surface area (Å²) < 4.78 is 11.3. The second-order valence-corrected chi connectivity index (χ2v) is 6.63. The van der Waals surface area contributed by atoms with E-state index in [1.54, 1.807) is 6.92 Å². The highest BCUT2D eigenvalue weighted by Gasteiger charge is 2.26. The van der Waals surface area contributed by atoms with Crippen molar-refractivity contribution in [2.75, 3.05) is 12.3 Å². The first-order valence-electron chi connectivity index (χ1n) is 9.76. The number of benzene rings is 2. The third kappa shape index (κ3) is 4.17. The molecule has 0 unspecified atom stereocenters. The van der Waals surface area contributed by atoms with E-state index < -0.39 is 5.91 Å². The highest BCUT2D eigenvalue weighted by Crippen LogP contribution is 2.24. The van der Waals surface area contributed by atoms with E-state index in [0.29, 0.717) is 23.6 Å². The van der Waals surface area contributed by atoms with Crippen LogP contribution >= 0.6 is 0 Å². The van der Waals surface area contributed by atoms with Crippen LogP contribution in [0.1, 0.15) is 29.9 Å². The molecule has 2 aromatic heterocycles. The number of carbonyl (C=O) groups is 1. The Morgan fingerprint density at radius 3 is 2.56 bits per heavy atom. The summed E-state index contributed by atoms with van der Waals surface area (Å²) in [5.41, 5.74) is 10.9. The smallest absolute Gasteiger partial charge is 0.292 e. The lowest BCUT2D eigenvalue weighted by molar-refractivity contribution is 0.0947. The number of aromatic nitrogens is 5. The van der Waals surface area contributed by atoms with E-state index in [2.05, 4.69) is 35.8 Å². The van der Waals surface area contributed by atoms with Gasteiger partial charge in [0.1, 0.15) is 11.4 Å². The Labute approximate surface area is 182 Å². The minimum absolute atomic E-state index is 0.0300. The summed E-state index contributed by atoms with van der Waals surface area (Å²) in [6, 6.07) is 16.5. The number of anilines is 1. The molecule has 0 bridgehead atoms. The molecule has 3 N–H and O–H groups in total. The Hall–Kier alpha value is -4.54. The van der Waals surface area contributed by atoms with Gasteiger partial charge in [-0.15, -0.1) is 5.10 Å². The number of hydrogen-bond acceptors (Lipinski definition) is 9. The lowest BCUT2D eigenvalue weighted by Gasteiger charge is -2.07. The topological polar surface area (TPSA) is 146 Å². The molecule has 0 aliphatic heterocycles. The summed E-state index contributed by atoms with van der Waals surface area (Å²) >= 11 is 0. The van der Waals surface area contributed by atoms with E-state index in [0.717, 1.165) is 11.3 Å². The van der Waals surface area contributed by atoms with E-state index in [9.17, 15) is 4.79 Å². The van der Waals surface area contributed by atoms with E-state index in [1.807, 2.05) is 61.5 Å². The molecule has 0 aliphatic rings. The number of nitrogens with one attached hydrogen (secondary N) is 1. The van der Waals surface area contributed by atoms with Crippen LogP contribution < -0.4 is 15.9 Å². The largest absolute Gasteiger partial charge is 0.494 e. The summed E-state index contributed by atoms with van der Waals surface area (Å²) in [5.74, 6) is 0.227. The molecule has 4 aromatic rings. The number of nitrogen functional groups attached to an aromatic ring is 1. The Kier molecular flexibility index (Phi) is 5.88. The predicted octanol–water partition coefficient (Wildman–Crippen LogP) is 2.45. The minimum Gasteiger partial charge on any atom is -0.494 e. The fourth-order valence-corrected chi connectivity index (χ4v) is 2.97. The van der Waals surface area contributed by atoms with Crippen LogP contribution in [0.15, 0.2) is 64.3 Å². The number of nitrogens with zero attached hydrogens (tertiary/aromatic N) is 6. The van der Waals surface area contributed by atoms with Crippen molar-refractivity contribution >= 4 is 17.4 Å². The van der Waals surface area contributed by atoms with Crippen molar-refractivity contribution in [2.45, 2.75) is 13.8 Å². The first-order valence-corrected chi connectivity index (χ1v) is 9.76. The van der Waals surface area contributed by atoms with E-state index >= 15 is 0 Å². The van der Waals surface area contributed by atoms with Gasteiger partial charge in [0.15, 0.2) is 5.69 Å². The zero-order valence-electron chi connectivity index (χ0n) is 17.4. The van der Waals surface area contributed by atoms with Crippen LogP contribution in [0.5, 0.6) is 5.75 Å². The second-order valence-electron chi connectivity index (χ2n) is 6.63. The van der Waals surface area contributed by atoms with Gasteiger partial charge in [-0.1, -0.05) is 35.5 Å². The zero-order chi connectivity index (χ0) is 22.5. The van der Waals surface area contributed by atoms with Gasteiger partial charge < -0.3 is 10.5 Å². The predicted molar refractivity (Wildman–Crippen MR) is 116 cm³/mol. The van der Waals surface area contributed by atoms with Crippen LogP contribution in [0.3, 0.4) is 0 Å². The maximum Gasteiger partial charge on any atom is 0.292 e. The van der Waals surface area contributed by atoms with Crippen molar-refractivity contribution in [3.8, 4) is 22.8 Å². The van der Waals surface area contributed by atoms with Crippen LogP contribution in [0.4, 0.5) is 5.82 Å². The molecule has 32 heavy (non-hydrogen) atoms. The summed E-state index contributed by atoms with van der Waals surface area (Å²) in [4.78, 5) is 13.1. The first kappa shape index (κ1) is 20.7. The molecule has 11 heteroatoms. The van der Waals surface area contributed by atoms with Crippen LogP contribution in [-0.4, -0.2) is 43.5 Å². The number of amides is 1. The molecule has 2 heterocycles. The third-order valence-corrected chi connectivity index (χ3v) is 4.54. The first-order chi connectivity index (χ1) is 15.6. The maximum absolute atomic E-state index is 13.1. The highest BCUT2D eigenvalue weighted by atomic mass is 16.6. The SMILES string of the molecule is CCOc1ccc(/C(C)=N\NC(=O)c2c(-c3ccccc3)nnn2-c2nonc2N)cc1. The molecule has 4 rings (SSSR count). The van der Waals surface area contributed by atoms with Crippen molar-refractivity contribution in [1.82, 2.24) is 30.7 Å². The molecular formula is C21H20N8O3. The Morgan fingerprint density at radius 1 is 1.16 bits per heavy atom. The van der Waals surface area contributed by atoms with Gasteiger partial charge in [-0.2, -0.15) is 9.78 Å². The molecule has 0 spiro atoms. The average Bonchev–Trinajstić information content (AvgIpc) is 3.44. The van der Waals surface area contributed by atoms with Crippen LogP contribution in [-0.2, 0) is 0 Å². The van der Waals surface area contributed by atoms with Gasteiger partial charge in [0.05, 0.1) is 12.3 Å². The van der Waals surface area contributed by atoms with E-state index in [-0.39, 0.29) is 17.3 Å². The van der Waals surface area contributed by atoms with Gasteiger partial charge in [-0.3, -0.25) is 4.79 Å². The fourth-order valence-electron chi connectivity index (χ4n) is 2.97. The van der Waals surface area contributed by atoms with E-state index in [4.69, 9.17) is 10.5 Å². The lowest BCUT2D eigenvalue weighted by Crippen LogP contribution is -2.23. The molecule has 0 atom stereocenters. The standard InChI is InChI=1S/C21H20N8O3/c1-3-31-16-11-9-14(10-12-16)13(2)23-25-21(30)18-17(15-7-5-4-6-8-15)24-28-29(18)20-19(22)26-32-27-20/h4-12H,3H2,1-2H3,(H2,22,26)(H,25,30)/b23-13-.